The Morgan fingerprint density at radius 2 is 1.70 bits per heavy atom. The Morgan fingerprint density at radius 1 is 1.10 bits per heavy atom. The molecule has 0 unspecified atom stereocenters. The molecule has 0 saturated carbocycles. The molecule has 0 saturated heterocycles. The van der Waals surface area contributed by atoms with E-state index in [2.05, 4.69) is 51.9 Å². The number of allylic oxidation sites excluding steroid dienone is 8. The van der Waals surface area contributed by atoms with E-state index in [1.165, 1.54) is 22.3 Å². The van der Waals surface area contributed by atoms with Crippen molar-refractivity contribution in [2.45, 2.75) is 40.5 Å². The SMILES string of the molecule is C=CC\C(C(=C)C)=C(/C=C(C)/C(C)=C/NC)C(=C)CC. The summed E-state index contributed by atoms with van der Waals surface area (Å²) in [5, 5.41) is 3.07. The van der Waals surface area contributed by atoms with Gasteiger partial charge in [0.25, 0.3) is 0 Å². The zero-order chi connectivity index (χ0) is 15.7. The molecule has 0 aromatic carbocycles. The van der Waals surface area contributed by atoms with Gasteiger partial charge in [0.2, 0.25) is 0 Å². The van der Waals surface area contributed by atoms with E-state index in [-0.39, 0.29) is 0 Å². The van der Waals surface area contributed by atoms with Crippen molar-refractivity contribution in [3.8, 4) is 0 Å². The van der Waals surface area contributed by atoms with Crippen molar-refractivity contribution in [3.63, 3.8) is 0 Å². The largest absolute Gasteiger partial charge is 0.394 e. The molecule has 0 aliphatic rings. The first-order valence-corrected chi connectivity index (χ1v) is 7.09. The lowest BCUT2D eigenvalue weighted by atomic mass is 9.91. The maximum Gasteiger partial charge on any atom is 0.00278 e. The Morgan fingerprint density at radius 3 is 2.10 bits per heavy atom. The second-order valence-electron chi connectivity index (χ2n) is 5.07. The topological polar surface area (TPSA) is 12.0 Å². The van der Waals surface area contributed by atoms with Gasteiger partial charge in [-0.25, -0.2) is 0 Å². The predicted molar refractivity (Wildman–Crippen MR) is 92.7 cm³/mol. The zero-order valence-electron chi connectivity index (χ0n) is 13.8. The molecule has 20 heavy (non-hydrogen) atoms. The summed E-state index contributed by atoms with van der Waals surface area (Å²) in [6, 6.07) is 0. The van der Waals surface area contributed by atoms with Crippen molar-refractivity contribution in [1.29, 1.82) is 0 Å². The van der Waals surface area contributed by atoms with E-state index in [1.54, 1.807) is 0 Å². The summed E-state index contributed by atoms with van der Waals surface area (Å²) < 4.78 is 0. The standard InChI is InChI=1S/C19H29N/c1-9-11-18(14(3)4)19(15(5)10-2)12-16(6)17(7)13-20-8/h9,12-13,20H,1,3,5,10-11H2,2,4,6-8H3/b16-12+,17-13+,19-18-. The summed E-state index contributed by atoms with van der Waals surface area (Å²) >= 11 is 0. The monoisotopic (exact) mass is 271 g/mol. The minimum atomic E-state index is 0.822. The van der Waals surface area contributed by atoms with Crippen LogP contribution in [0.2, 0.25) is 0 Å². The third-order valence-electron chi connectivity index (χ3n) is 3.34. The molecular formula is C19H29N. The molecular weight excluding hydrogens is 242 g/mol. The van der Waals surface area contributed by atoms with Crippen molar-refractivity contribution in [2.75, 3.05) is 7.05 Å². The van der Waals surface area contributed by atoms with Crippen LogP contribution in [0.4, 0.5) is 0 Å². The second-order valence-corrected chi connectivity index (χ2v) is 5.07. The summed E-state index contributed by atoms with van der Waals surface area (Å²) in [5.41, 5.74) is 7.08. The Hall–Kier alpha value is -1.76. The van der Waals surface area contributed by atoms with E-state index in [9.17, 15) is 0 Å². The van der Waals surface area contributed by atoms with E-state index >= 15 is 0 Å². The highest BCUT2D eigenvalue weighted by atomic mass is 14.8. The number of nitrogens with one attached hydrogen (secondary N) is 1. The van der Waals surface area contributed by atoms with Gasteiger partial charge in [-0.15, -0.1) is 6.58 Å². The van der Waals surface area contributed by atoms with Gasteiger partial charge in [0, 0.05) is 7.05 Å². The maximum absolute atomic E-state index is 4.20. The van der Waals surface area contributed by atoms with Crippen LogP contribution >= 0.6 is 0 Å². The molecule has 0 aliphatic carbocycles. The van der Waals surface area contributed by atoms with Crippen molar-refractivity contribution in [2.24, 2.45) is 0 Å². The van der Waals surface area contributed by atoms with Crippen LogP contribution in [0.15, 0.2) is 71.5 Å². The van der Waals surface area contributed by atoms with E-state index < -0.39 is 0 Å². The van der Waals surface area contributed by atoms with Crippen LogP contribution in [-0.2, 0) is 0 Å². The Balaban J connectivity index is 5.92. The van der Waals surface area contributed by atoms with Gasteiger partial charge in [-0.3, -0.25) is 0 Å². The fourth-order valence-corrected chi connectivity index (χ4v) is 1.91. The average Bonchev–Trinajstić information content (AvgIpc) is 2.41. The van der Waals surface area contributed by atoms with Crippen LogP contribution in [0.5, 0.6) is 0 Å². The first-order valence-electron chi connectivity index (χ1n) is 7.09. The van der Waals surface area contributed by atoms with Gasteiger partial charge in [0.1, 0.15) is 0 Å². The van der Waals surface area contributed by atoms with Crippen LogP contribution in [0.1, 0.15) is 40.5 Å². The quantitative estimate of drug-likeness (QED) is 0.456. The van der Waals surface area contributed by atoms with Crippen LogP contribution in [0.25, 0.3) is 0 Å². The molecule has 0 aromatic rings. The van der Waals surface area contributed by atoms with Gasteiger partial charge < -0.3 is 5.32 Å². The maximum atomic E-state index is 4.20. The lowest BCUT2D eigenvalue weighted by Gasteiger charge is -2.15. The molecule has 0 atom stereocenters. The third kappa shape index (κ3) is 5.48. The number of hydrogen-bond acceptors (Lipinski definition) is 1. The first-order chi connectivity index (χ1) is 9.38. The molecule has 110 valence electrons. The van der Waals surface area contributed by atoms with Crippen molar-refractivity contribution < 1.29 is 0 Å². The molecule has 0 aliphatic heterocycles. The molecule has 0 radical (unpaired) electrons. The Labute approximate surface area is 125 Å². The number of hydrogen-bond donors (Lipinski definition) is 1. The molecule has 0 spiro atoms. The van der Waals surface area contributed by atoms with Gasteiger partial charge in [0.05, 0.1) is 0 Å². The van der Waals surface area contributed by atoms with Gasteiger partial charge in [-0.05, 0) is 67.7 Å². The summed E-state index contributed by atoms with van der Waals surface area (Å²) in [4.78, 5) is 0. The van der Waals surface area contributed by atoms with Crippen LogP contribution in [0.3, 0.4) is 0 Å². The third-order valence-corrected chi connectivity index (χ3v) is 3.34. The van der Waals surface area contributed by atoms with Crippen molar-refractivity contribution in [3.05, 3.63) is 71.5 Å². The van der Waals surface area contributed by atoms with Crippen LogP contribution < -0.4 is 5.32 Å². The molecule has 0 rings (SSSR count). The van der Waals surface area contributed by atoms with Gasteiger partial charge in [0.15, 0.2) is 0 Å². The highest BCUT2D eigenvalue weighted by Gasteiger charge is 2.08. The molecule has 0 bridgehead atoms. The molecule has 0 amide bonds. The van der Waals surface area contributed by atoms with E-state index in [0.29, 0.717) is 0 Å². The predicted octanol–water partition coefficient (Wildman–Crippen LogP) is 5.47. The van der Waals surface area contributed by atoms with Crippen LogP contribution in [0, 0.1) is 0 Å². The van der Waals surface area contributed by atoms with Gasteiger partial charge in [-0.1, -0.05) is 37.8 Å². The van der Waals surface area contributed by atoms with Crippen molar-refractivity contribution in [1.82, 2.24) is 5.32 Å². The Bertz CT molecular complexity index is 470. The first kappa shape index (κ1) is 18.2. The summed E-state index contributed by atoms with van der Waals surface area (Å²) in [5.74, 6) is 0. The normalized spacial score (nSPS) is 13.7. The lowest BCUT2D eigenvalue weighted by molar-refractivity contribution is 1.06. The number of rotatable bonds is 8. The Kier molecular flexibility index (Phi) is 8.38. The minimum absolute atomic E-state index is 0.822. The molecule has 1 nitrogen and oxygen atoms in total. The summed E-state index contributed by atoms with van der Waals surface area (Å²) in [6.07, 6.45) is 7.89. The fourth-order valence-electron chi connectivity index (χ4n) is 1.91. The summed E-state index contributed by atoms with van der Waals surface area (Å²) in [6.45, 7) is 20.5. The smallest absolute Gasteiger partial charge is 0.00278 e. The highest BCUT2D eigenvalue weighted by molar-refractivity contribution is 5.52. The van der Waals surface area contributed by atoms with E-state index in [1.807, 2.05) is 26.2 Å². The molecule has 1 N–H and O–H groups in total. The van der Waals surface area contributed by atoms with E-state index in [4.69, 9.17) is 0 Å². The van der Waals surface area contributed by atoms with Gasteiger partial charge >= 0.3 is 0 Å². The fraction of sp³-hybridized carbons (Fsp3) is 0.368. The summed E-state index contributed by atoms with van der Waals surface area (Å²) in [7, 11) is 1.91. The average molecular weight is 271 g/mol. The second kappa shape index (κ2) is 9.19. The molecule has 0 heterocycles. The lowest BCUT2D eigenvalue weighted by Crippen LogP contribution is -1.98. The molecule has 1 heteroatoms. The molecule has 0 fully saturated rings. The van der Waals surface area contributed by atoms with Gasteiger partial charge in [-0.2, -0.15) is 0 Å². The highest BCUT2D eigenvalue weighted by Crippen LogP contribution is 2.27. The minimum Gasteiger partial charge on any atom is -0.394 e. The van der Waals surface area contributed by atoms with Crippen molar-refractivity contribution >= 4 is 0 Å². The molecule has 0 aromatic heterocycles. The van der Waals surface area contributed by atoms with E-state index in [0.717, 1.165) is 24.0 Å². The van der Waals surface area contributed by atoms with Crippen LogP contribution in [-0.4, -0.2) is 7.05 Å². The zero-order valence-corrected chi connectivity index (χ0v) is 13.8.